The first-order valence-electron chi connectivity index (χ1n) is 6.84. The maximum absolute atomic E-state index is 4.54. The Hall–Kier alpha value is -1.68. The molecular weight excluding hydrogens is 236 g/mol. The molecule has 0 amide bonds. The van der Waals surface area contributed by atoms with E-state index in [1.165, 1.54) is 5.56 Å². The molecule has 0 aliphatic heterocycles. The van der Waals surface area contributed by atoms with Crippen LogP contribution < -0.4 is 5.32 Å². The first-order chi connectivity index (χ1) is 9.15. The standard InChI is InChI=1S/C15H22N4/c1-5-8-16-12(3)14-7-6-9-17-15(14)19-10-18-11(2)13(19)4/h6-7,9-10,12,16H,5,8H2,1-4H3. The van der Waals surface area contributed by atoms with Crippen LogP contribution in [-0.2, 0) is 0 Å². The molecule has 0 saturated carbocycles. The number of nitrogens with zero attached hydrogens (tertiary/aromatic N) is 3. The Balaban J connectivity index is 2.38. The molecule has 0 aliphatic rings. The third-order valence-corrected chi connectivity index (χ3v) is 3.46. The minimum Gasteiger partial charge on any atom is -0.310 e. The van der Waals surface area contributed by atoms with Gasteiger partial charge in [-0.05, 0) is 39.8 Å². The summed E-state index contributed by atoms with van der Waals surface area (Å²) in [5, 5.41) is 3.51. The van der Waals surface area contributed by atoms with Gasteiger partial charge in [-0.15, -0.1) is 0 Å². The van der Waals surface area contributed by atoms with E-state index in [1.54, 1.807) is 0 Å². The molecular formula is C15H22N4. The van der Waals surface area contributed by atoms with Crippen LogP contribution in [0.2, 0.25) is 0 Å². The number of pyridine rings is 1. The Morgan fingerprint density at radius 3 is 2.74 bits per heavy atom. The highest BCUT2D eigenvalue weighted by Gasteiger charge is 2.14. The van der Waals surface area contributed by atoms with Gasteiger partial charge in [0, 0.05) is 23.5 Å². The third kappa shape index (κ3) is 2.84. The van der Waals surface area contributed by atoms with Crippen molar-refractivity contribution < 1.29 is 0 Å². The number of nitrogens with one attached hydrogen (secondary N) is 1. The van der Waals surface area contributed by atoms with Crippen molar-refractivity contribution in [3.63, 3.8) is 0 Å². The molecule has 2 rings (SSSR count). The van der Waals surface area contributed by atoms with E-state index in [1.807, 2.05) is 25.5 Å². The van der Waals surface area contributed by atoms with Crippen molar-refractivity contribution >= 4 is 0 Å². The number of aromatic nitrogens is 3. The van der Waals surface area contributed by atoms with Gasteiger partial charge in [-0.3, -0.25) is 4.57 Å². The molecule has 1 unspecified atom stereocenters. The maximum atomic E-state index is 4.54. The third-order valence-electron chi connectivity index (χ3n) is 3.46. The number of hydrogen-bond acceptors (Lipinski definition) is 3. The molecule has 2 heterocycles. The summed E-state index contributed by atoms with van der Waals surface area (Å²) in [6, 6.07) is 4.40. The first-order valence-corrected chi connectivity index (χ1v) is 6.84. The van der Waals surface area contributed by atoms with Crippen molar-refractivity contribution in [2.45, 2.75) is 40.2 Å². The first kappa shape index (κ1) is 13.7. The molecule has 0 bridgehead atoms. The second-order valence-electron chi connectivity index (χ2n) is 4.88. The molecule has 102 valence electrons. The average molecular weight is 258 g/mol. The Morgan fingerprint density at radius 1 is 1.32 bits per heavy atom. The van der Waals surface area contributed by atoms with Gasteiger partial charge in [-0.2, -0.15) is 0 Å². The molecule has 2 aromatic rings. The van der Waals surface area contributed by atoms with Crippen LogP contribution in [0.15, 0.2) is 24.7 Å². The fourth-order valence-electron chi connectivity index (χ4n) is 2.13. The summed E-state index contributed by atoms with van der Waals surface area (Å²) in [7, 11) is 0. The smallest absolute Gasteiger partial charge is 0.142 e. The van der Waals surface area contributed by atoms with Crippen molar-refractivity contribution in [2.75, 3.05) is 6.54 Å². The van der Waals surface area contributed by atoms with E-state index in [0.29, 0.717) is 0 Å². The number of aryl methyl sites for hydroxylation is 1. The van der Waals surface area contributed by atoms with Gasteiger partial charge in [0.15, 0.2) is 0 Å². The molecule has 0 spiro atoms. The Kier molecular flexibility index (Phi) is 4.32. The summed E-state index contributed by atoms with van der Waals surface area (Å²) >= 11 is 0. The SMILES string of the molecule is CCCNC(C)c1cccnc1-n1cnc(C)c1C. The van der Waals surface area contributed by atoms with Crippen LogP contribution in [0.5, 0.6) is 0 Å². The Bertz CT molecular complexity index is 545. The number of hydrogen-bond donors (Lipinski definition) is 1. The normalized spacial score (nSPS) is 12.6. The molecule has 1 atom stereocenters. The summed E-state index contributed by atoms with van der Waals surface area (Å²) in [5.74, 6) is 0.969. The topological polar surface area (TPSA) is 42.7 Å². The van der Waals surface area contributed by atoms with Crippen LogP contribution in [0.3, 0.4) is 0 Å². The fourth-order valence-corrected chi connectivity index (χ4v) is 2.13. The van der Waals surface area contributed by atoms with E-state index in [4.69, 9.17) is 0 Å². The summed E-state index contributed by atoms with van der Waals surface area (Å²) in [5.41, 5.74) is 3.39. The van der Waals surface area contributed by atoms with Crippen molar-refractivity contribution in [3.05, 3.63) is 41.6 Å². The molecule has 4 nitrogen and oxygen atoms in total. The van der Waals surface area contributed by atoms with Crippen LogP contribution in [0.25, 0.3) is 5.82 Å². The summed E-state index contributed by atoms with van der Waals surface area (Å²) in [6.45, 7) is 9.46. The zero-order valence-corrected chi connectivity index (χ0v) is 12.1. The lowest BCUT2D eigenvalue weighted by atomic mass is 10.1. The summed E-state index contributed by atoms with van der Waals surface area (Å²) < 4.78 is 2.06. The summed E-state index contributed by atoms with van der Waals surface area (Å²) in [6.07, 6.45) is 4.81. The molecule has 0 aliphatic carbocycles. The van der Waals surface area contributed by atoms with Crippen LogP contribution in [0.1, 0.15) is 43.3 Å². The van der Waals surface area contributed by atoms with Gasteiger partial charge in [0.1, 0.15) is 12.1 Å². The van der Waals surface area contributed by atoms with E-state index >= 15 is 0 Å². The van der Waals surface area contributed by atoms with E-state index in [2.05, 4.69) is 46.7 Å². The zero-order chi connectivity index (χ0) is 13.8. The molecule has 0 radical (unpaired) electrons. The fraction of sp³-hybridized carbons (Fsp3) is 0.467. The predicted octanol–water partition coefficient (Wildman–Crippen LogP) is 2.94. The van der Waals surface area contributed by atoms with Gasteiger partial charge in [0.25, 0.3) is 0 Å². The van der Waals surface area contributed by atoms with E-state index in [-0.39, 0.29) is 6.04 Å². The molecule has 1 N–H and O–H groups in total. The maximum Gasteiger partial charge on any atom is 0.142 e. The van der Waals surface area contributed by atoms with Gasteiger partial charge >= 0.3 is 0 Å². The monoisotopic (exact) mass is 258 g/mol. The van der Waals surface area contributed by atoms with Gasteiger partial charge in [-0.25, -0.2) is 9.97 Å². The van der Waals surface area contributed by atoms with Gasteiger partial charge in [0.2, 0.25) is 0 Å². The molecule has 19 heavy (non-hydrogen) atoms. The van der Waals surface area contributed by atoms with Crippen LogP contribution in [0.4, 0.5) is 0 Å². The lowest BCUT2D eigenvalue weighted by Gasteiger charge is -2.17. The highest BCUT2D eigenvalue weighted by atomic mass is 15.1. The number of rotatable bonds is 5. The minimum absolute atomic E-state index is 0.283. The average Bonchev–Trinajstić information content (AvgIpc) is 2.76. The van der Waals surface area contributed by atoms with Crippen molar-refractivity contribution in [1.29, 1.82) is 0 Å². The quantitative estimate of drug-likeness (QED) is 0.896. The zero-order valence-electron chi connectivity index (χ0n) is 12.1. The van der Waals surface area contributed by atoms with Crippen LogP contribution in [0, 0.1) is 13.8 Å². The highest BCUT2D eigenvalue weighted by molar-refractivity contribution is 5.38. The van der Waals surface area contributed by atoms with Crippen molar-refractivity contribution in [1.82, 2.24) is 19.9 Å². The van der Waals surface area contributed by atoms with E-state index in [0.717, 1.165) is 30.2 Å². The van der Waals surface area contributed by atoms with E-state index < -0.39 is 0 Å². The van der Waals surface area contributed by atoms with Crippen LogP contribution >= 0.6 is 0 Å². The lowest BCUT2D eigenvalue weighted by molar-refractivity contribution is 0.566. The molecule has 4 heteroatoms. The van der Waals surface area contributed by atoms with E-state index in [9.17, 15) is 0 Å². The van der Waals surface area contributed by atoms with Gasteiger partial charge in [-0.1, -0.05) is 13.0 Å². The lowest BCUT2D eigenvalue weighted by Crippen LogP contribution is -2.21. The van der Waals surface area contributed by atoms with Gasteiger partial charge < -0.3 is 5.32 Å². The van der Waals surface area contributed by atoms with Crippen molar-refractivity contribution in [3.8, 4) is 5.82 Å². The molecule has 0 aromatic carbocycles. The highest BCUT2D eigenvalue weighted by Crippen LogP contribution is 2.21. The summed E-state index contributed by atoms with van der Waals surface area (Å²) in [4.78, 5) is 8.89. The van der Waals surface area contributed by atoms with Crippen molar-refractivity contribution in [2.24, 2.45) is 0 Å². The number of imidazole rings is 1. The van der Waals surface area contributed by atoms with Crippen LogP contribution in [-0.4, -0.2) is 21.1 Å². The van der Waals surface area contributed by atoms with Gasteiger partial charge in [0.05, 0.1) is 5.69 Å². The minimum atomic E-state index is 0.283. The Morgan fingerprint density at radius 2 is 2.11 bits per heavy atom. The molecule has 0 fully saturated rings. The predicted molar refractivity (Wildman–Crippen MR) is 77.5 cm³/mol. The second-order valence-corrected chi connectivity index (χ2v) is 4.88. The molecule has 2 aromatic heterocycles. The largest absolute Gasteiger partial charge is 0.310 e. The molecule has 0 saturated heterocycles. The second kappa shape index (κ2) is 5.97. The Labute approximate surface area is 114 Å².